The molecule has 0 bridgehead atoms. The number of hydrogen-bond donors (Lipinski definition) is 1. The Hall–Kier alpha value is -1.76. The minimum atomic E-state index is 0.752. The van der Waals surface area contributed by atoms with Crippen molar-refractivity contribution >= 4 is 0 Å². The van der Waals surface area contributed by atoms with Crippen LogP contribution >= 0.6 is 0 Å². The first-order valence-corrected chi connectivity index (χ1v) is 8.72. The van der Waals surface area contributed by atoms with E-state index in [2.05, 4.69) is 30.8 Å². The van der Waals surface area contributed by atoms with Crippen molar-refractivity contribution in [1.29, 1.82) is 0 Å². The number of nitrogens with zero attached hydrogens (tertiary/aromatic N) is 4. The van der Waals surface area contributed by atoms with Gasteiger partial charge in [-0.2, -0.15) is 0 Å². The molecule has 1 aliphatic rings. The van der Waals surface area contributed by atoms with Crippen LogP contribution in [0.4, 0.5) is 0 Å². The Morgan fingerprint density at radius 1 is 1.17 bits per heavy atom. The SMILES string of the molecule is Cc1cc(C)nc(-n2cccc2CNCCCN2CCOCC2)n1. The molecule has 6 nitrogen and oxygen atoms in total. The fraction of sp³-hybridized carbons (Fsp3) is 0.556. The molecule has 1 N–H and O–H groups in total. The lowest BCUT2D eigenvalue weighted by Gasteiger charge is -2.26. The summed E-state index contributed by atoms with van der Waals surface area (Å²) in [5, 5.41) is 3.53. The number of ether oxygens (including phenoxy) is 1. The normalized spacial score (nSPS) is 15.8. The molecule has 0 atom stereocenters. The number of aryl methyl sites for hydroxylation is 2. The second-order valence-corrected chi connectivity index (χ2v) is 6.30. The molecule has 1 fully saturated rings. The van der Waals surface area contributed by atoms with E-state index in [1.54, 1.807) is 0 Å². The van der Waals surface area contributed by atoms with Crippen LogP contribution in [0.15, 0.2) is 24.4 Å². The molecular weight excluding hydrogens is 302 g/mol. The van der Waals surface area contributed by atoms with E-state index in [1.165, 1.54) is 5.69 Å². The monoisotopic (exact) mass is 329 g/mol. The maximum Gasteiger partial charge on any atom is 0.234 e. The molecule has 0 aliphatic carbocycles. The summed E-state index contributed by atoms with van der Waals surface area (Å²) in [4.78, 5) is 11.6. The van der Waals surface area contributed by atoms with Crippen LogP contribution in [0.2, 0.25) is 0 Å². The third kappa shape index (κ3) is 4.63. The molecule has 2 aromatic rings. The lowest BCUT2D eigenvalue weighted by Crippen LogP contribution is -2.37. The molecule has 6 heteroatoms. The Balaban J connectivity index is 1.48. The molecule has 1 aliphatic heterocycles. The number of nitrogens with one attached hydrogen (secondary N) is 1. The first-order valence-electron chi connectivity index (χ1n) is 8.72. The van der Waals surface area contributed by atoms with Crippen LogP contribution in [0, 0.1) is 13.8 Å². The van der Waals surface area contributed by atoms with Crippen LogP contribution < -0.4 is 5.32 Å². The third-order valence-corrected chi connectivity index (χ3v) is 4.26. The van der Waals surface area contributed by atoms with Gasteiger partial charge in [0.2, 0.25) is 5.95 Å². The van der Waals surface area contributed by atoms with Gasteiger partial charge in [0.25, 0.3) is 0 Å². The minimum absolute atomic E-state index is 0.752. The Morgan fingerprint density at radius 2 is 1.92 bits per heavy atom. The van der Waals surface area contributed by atoms with Gasteiger partial charge in [0.1, 0.15) is 0 Å². The highest BCUT2D eigenvalue weighted by Gasteiger charge is 2.10. The Labute approximate surface area is 143 Å². The molecule has 3 rings (SSSR count). The first-order chi connectivity index (χ1) is 11.7. The Kier molecular flexibility index (Phi) is 5.96. The van der Waals surface area contributed by atoms with Crippen LogP contribution in [0.5, 0.6) is 0 Å². The molecule has 0 spiro atoms. The average molecular weight is 329 g/mol. The van der Waals surface area contributed by atoms with E-state index in [4.69, 9.17) is 4.74 Å². The summed E-state index contributed by atoms with van der Waals surface area (Å²) in [6, 6.07) is 6.17. The van der Waals surface area contributed by atoms with Crippen LogP contribution in [-0.4, -0.2) is 58.8 Å². The highest BCUT2D eigenvalue weighted by Crippen LogP contribution is 2.10. The van der Waals surface area contributed by atoms with Gasteiger partial charge in [-0.1, -0.05) is 0 Å². The summed E-state index contributed by atoms with van der Waals surface area (Å²) in [5.41, 5.74) is 3.18. The van der Waals surface area contributed by atoms with Crippen molar-refractivity contribution in [3.05, 3.63) is 41.5 Å². The molecule has 24 heavy (non-hydrogen) atoms. The summed E-state index contributed by atoms with van der Waals surface area (Å²) in [7, 11) is 0. The van der Waals surface area contributed by atoms with Gasteiger partial charge in [-0.3, -0.25) is 9.47 Å². The molecule has 0 aromatic carbocycles. The first kappa shape index (κ1) is 17.1. The zero-order valence-electron chi connectivity index (χ0n) is 14.7. The van der Waals surface area contributed by atoms with Crippen LogP contribution in [-0.2, 0) is 11.3 Å². The standard InChI is InChI=1S/C18H27N5O/c1-15-13-16(2)21-18(20-15)23-8-3-5-17(23)14-19-6-4-7-22-9-11-24-12-10-22/h3,5,8,13,19H,4,6-7,9-12,14H2,1-2H3. The van der Waals surface area contributed by atoms with Crippen molar-refractivity contribution in [3.8, 4) is 5.95 Å². The zero-order valence-corrected chi connectivity index (χ0v) is 14.7. The van der Waals surface area contributed by atoms with Crippen molar-refractivity contribution in [2.75, 3.05) is 39.4 Å². The average Bonchev–Trinajstić information content (AvgIpc) is 3.03. The van der Waals surface area contributed by atoms with Gasteiger partial charge in [-0.05, 0) is 51.6 Å². The lowest BCUT2D eigenvalue weighted by molar-refractivity contribution is 0.0374. The molecule has 130 valence electrons. The van der Waals surface area contributed by atoms with Gasteiger partial charge < -0.3 is 10.1 Å². The van der Waals surface area contributed by atoms with E-state index in [0.29, 0.717) is 0 Å². The van der Waals surface area contributed by atoms with Crippen molar-refractivity contribution in [1.82, 2.24) is 24.8 Å². The van der Waals surface area contributed by atoms with Crippen LogP contribution in [0.1, 0.15) is 23.5 Å². The largest absolute Gasteiger partial charge is 0.379 e. The summed E-state index contributed by atoms with van der Waals surface area (Å²) in [5.74, 6) is 0.752. The maximum atomic E-state index is 5.38. The highest BCUT2D eigenvalue weighted by atomic mass is 16.5. The maximum absolute atomic E-state index is 5.38. The predicted octanol–water partition coefficient (Wildman–Crippen LogP) is 1.70. The second kappa shape index (κ2) is 8.37. The number of morpholine rings is 1. The van der Waals surface area contributed by atoms with Gasteiger partial charge in [-0.15, -0.1) is 0 Å². The van der Waals surface area contributed by atoms with Gasteiger partial charge in [0, 0.05) is 42.9 Å². The fourth-order valence-corrected chi connectivity index (χ4v) is 3.04. The number of aromatic nitrogens is 3. The lowest BCUT2D eigenvalue weighted by atomic mass is 10.3. The van der Waals surface area contributed by atoms with E-state index in [-0.39, 0.29) is 0 Å². The van der Waals surface area contributed by atoms with Crippen molar-refractivity contribution in [2.45, 2.75) is 26.8 Å². The van der Waals surface area contributed by atoms with E-state index in [0.717, 1.165) is 69.7 Å². The predicted molar refractivity (Wildman–Crippen MR) is 94.4 cm³/mol. The summed E-state index contributed by atoms with van der Waals surface area (Å²) < 4.78 is 7.44. The molecule has 0 radical (unpaired) electrons. The molecular formula is C18H27N5O. The minimum Gasteiger partial charge on any atom is -0.379 e. The summed E-state index contributed by atoms with van der Waals surface area (Å²) in [6.07, 6.45) is 3.18. The molecule has 1 saturated heterocycles. The van der Waals surface area contributed by atoms with Crippen molar-refractivity contribution in [2.24, 2.45) is 0 Å². The van der Waals surface area contributed by atoms with Gasteiger partial charge in [-0.25, -0.2) is 9.97 Å². The van der Waals surface area contributed by atoms with Crippen LogP contribution in [0.25, 0.3) is 5.95 Å². The van der Waals surface area contributed by atoms with Crippen LogP contribution in [0.3, 0.4) is 0 Å². The molecule has 0 unspecified atom stereocenters. The second-order valence-electron chi connectivity index (χ2n) is 6.30. The fourth-order valence-electron chi connectivity index (χ4n) is 3.04. The quantitative estimate of drug-likeness (QED) is 0.784. The summed E-state index contributed by atoms with van der Waals surface area (Å²) >= 11 is 0. The third-order valence-electron chi connectivity index (χ3n) is 4.26. The molecule has 0 amide bonds. The van der Waals surface area contributed by atoms with E-state index in [9.17, 15) is 0 Å². The Bertz CT molecular complexity index is 628. The smallest absolute Gasteiger partial charge is 0.234 e. The van der Waals surface area contributed by atoms with Crippen molar-refractivity contribution < 1.29 is 4.74 Å². The van der Waals surface area contributed by atoms with Gasteiger partial charge in [0.15, 0.2) is 0 Å². The van der Waals surface area contributed by atoms with E-state index < -0.39 is 0 Å². The van der Waals surface area contributed by atoms with E-state index in [1.807, 2.05) is 32.2 Å². The molecule has 0 saturated carbocycles. The van der Waals surface area contributed by atoms with Crippen molar-refractivity contribution in [3.63, 3.8) is 0 Å². The topological polar surface area (TPSA) is 55.2 Å². The van der Waals surface area contributed by atoms with Gasteiger partial charge >= 0.3 is 0 Å². The molecule has 3 heterocycles. The molecule has 2 aromatic heterocycles. The number of hydrogen-bond acceptors (Lipinski definition) is 5. The highest BCUT2D eigenvalue weighted by molar-refractivity contribution is 5.24. The zero-order chi connectivity index (χ0) is 16.8. The summed E-state index contributed by atoms with van der Waals surface area (Å²) in [6.45, 7) is 10.9. The Morgan fingerprint density at radius 3 is 2.67 bits per heavy atom. The van der Waals surface area contributed by atoms with Gasteiger partial charge in [0.05, 0.1) is 13.2 Å². The number of rotatable bonds is 7. The van der Waals surface area contributed by atoms with E-state index >= 15 is 0 Å².